The molecule has 148 valence electrons. The molecule has 0 aliphatic carbocycles. The molecule has 1 saturated heterocycles. The largest absolute Gasteiger partial charge is 0.422 e. The lowest BCUT2D eigenvalue weighted by Gasteiger charge is -2.37. The molecule has 0 saturated carbocycles. The van der Waals surface area contributed by atoms with E-state index in [4.69, 9.17) is 4.74 Å². The molecule has 4 rings (SSSR count). The molecule has 8 heteroatoms. The predicted octanol–water partition coefficient (Wildman–Crippen LogP) is 3.11. The van der Waals surface area contributed by atoms with Gasteiger partial charge in [-0.25, -0.2) is 4.68 Å². The second kappa shape index (κ2) is 7.20. The summed E-state index contributed by atoms with van der Waals surface area (Å²) in [7, 11) is 0. The van der Waals surface area contributed by atoms with Crippen LogP contribution in [0, 0.1) is 0 Å². The Balaban J connectivity index is 1.72. The van der Waals surface area contributed by atoms with Crippen molar-refractivity contribution >= 4 is 10.9 Å². The van der Waals surface area contributed by atoms with E-state index in [-0.39, 0.29) is 5.56 Å². The summed E-state index contributed by atoms with van der Waals surface area (Å²) >= 11 is 0. The highest BCUT2D eigenvalue weighted by Crippen LogP contribution is 2.40. The third kappa shape index (κ3) is 3.39. The first kappa shape index (κ1) is 18.9. The van der Waals surface area contributed by atoms with Gasteiger partial charge in [0.1, 0.15) is 0 Å². The van der Waals surface area contributed by atoms with Gasteiger partial charge in [-0.1, -0.05) is 24.3 Å². The number of morpholine rings is 1. The summed E-state index contributed by atoms with van der Waals surface area (Å²) < 4.78 is 48.5. The van der Waals surface area contributed by atoms with Gasteiger partial charge in [0.25, 0.3) is 0 Å². The first-order chi connectivity index (χ1) is 13.4. The number of aliphatic hydroxyl groups is 1. The van der Waals surface area contributed by atoms with Crippen LogP contribution in [-0.4, -0.2) is 58.8 Å². The maximum absolute atomic E-state index is 13.9. The van der Waals surface area contributed by atoms with Crippen molar-refractivity contribution in [3.8, 4) is 5.69 Å². The number of para-hydroxylation sites is 1. The molecule has 0 radical (unpaired) electrons. The van der Waals surface area contributed by atoms with Gasteiger partial charge < -0.3 is 9.84 Å². The van der Waals surface area contributed by atoms with Crippen LogP contribution < -0.4 is 0 Å². The molecule has 5 nitrogen and oxygen atoms in total. The molecular formula is C20H20F3N3O2. The first-order valence-electron chi connectivity index (χ1n) is 9.01. The maximum atomic E-state index is 13.9. The number of β-amino-alcohol motifs (C(OH)–C–C–N with tert-alkyl or cyclic N) is 1. The summed E-state index contributed by atoms with van der Waals surface area (Å²) in [5.74, 6) is 0. The zero-order valence-corrected chi connectivity index (χ0v) is 15.1. The highest BCUT2D eigenvalue weighted by Gasteiger charge is 2.55. The van der Waals surface area contributed by atoms with Crippen molar-refractivity contribution in [1.29, 1.82) is 0 Å². The summed E-state index contributed by atoms with van der Waals surface area (Å²) in [6.45, 7) is 0.894. The summed E-state index contributed by atoms with van der Waals surface area (Å²) in [4.78, 5) is 1.58. The molecule has 1 aromatic heterocycles. The Morgan fingerprint density at radius 3 is 2.43 bits per heavy atom. The van der Waals surface area contributed by atoms with Gasteiger partial charge in [0.2, 0.25) is 0 Å². The van der Waals surface area contributed by atoms with E-state index in [1.807, 2.05) is 30.3 Å². The van der Waals surface area contributed by atoms with Crippen LogP contribution in [0.25, 0.3) is 16.6 Å². The Kier molecular flexibility index (Phi) is 4.86. The molecule has 0 amide bonds. The Hall–Kier alpha value is -2.42. The summed E-state index contributed by atoms with van der Waals surface area (Å²) in [6, 6.07) is 13.6. The summed E-state index contributed by atoms with van der Waals surface area (Å²) in [6.07, 6.45) is -3.30. The fourth-order valence-electron chi connectivity index (χ4n) is 3.49. The predicted molar refractivity (Wildman–Crippen MR) is 98.3 cm³/mol. The van der Waals surface area contributed by atoms with Gasteiger partial charge in [-0.3, -0.25) is 4.90 Å². The minimum Gasteiger partial charge on any atom is -0.379 e. The molecule has 2 heterocycles. The van der Waals surface area contributed by atoms with Crippen molar-refractivity contribution in [2.24, 2.45) is 0 Å². The van der Waals surface area contributed by atoms with Crippen molar-refractivity contribution in [3.05, 3.63) is 60.3 Å². The fraction of sp³-hybridized carbons (Fsp3) is 0.350. The first-order valence-corrected chi connectivity index (χ1v) is 9.01. The summed E-state index contributed by atoms with van der Waals surface area (Å²) in [5, 5.41) is 15.5. The van der Waals surface area contributed by atoms with Crippen LogP contribution in [0.4, 0.5) is 13.2 Å². The number of rotatable bonds is 4. The third-order valence-corrected chi connectivity index (χ3v) is 5.07. The van der Waals surface area contributed by atoms with E-state index in [0.29, 0.717) is 37.2 Å². The topological polar surface area (TPSA) is 50.5 Å². The average Bonchev–Trinajstić information content (AvgIpc) is 3.12. The molecule has 1 aliphatic heterocycles. The lowest BCUT2D eigenvalue weighted by atomic mass is 9.91. The van der Waals surface area contributed by atoms with Gasteiger partial charge in [-0.15, -0.1) is 0 Å². The SMILES string of the molecule is OC(CN1CCOCC1)(c1ccc2c(cnn2-c2ccccc2)c1)C(F)(F)F. The molecule has 1 atom stereocenters. The molecule has 0 spiro atoms. The minimum absolute atomic E-state index is 0.188. The Morgan fingerprint density at radius 1 is 1.04 bits per heavy atom. The number of hydrogen-bond acceptors (Lipinski definition) is 4. The van der Waals surface area contributed by atoms with Gasteiger partial charge >= 0.3 is 6.18 Å². The van der Waals surface area contributed by atoms with Crippen molar-refractivity contribution in [2.75, 3.05) is 32.8 Å². The zero-order chi connectivity index (χ0) is 19.8. The van der Waals surface area contributed by atoms with Crippen molar-refractivity contribution in [1.82, 2.24) is 14.7 Å². The molecule has 0 bridgehead atoms. The Labute approximate surface area is 159 Å². The molecule has 28 heavy (non-hydrogen) atoms. The van der Waals surface area contributed by atoms with Gasteiger partial charge in [-0.05, 0) is 29.8 Å². The molecule has 1 unspecified atom stereocenters. The van der Waals surface area contributed by atoms with Crippen LogP contribution in [-0.2, 0) is 10.3 Å². The fourth-order valence-corrected chi connectivity index (χ4v) is 3.49. The number of nitrogens with zero attached hydrogens (tertiary/aromatic N) is 3. The molecule has 1 N–H and O–H groups in total. The normalized spacial score (nSPS) is 18.3. The quantitative estimate of drug-likeness (QED) is 0.743. The molecule has 3 aromatic rings. The van der Waals surface area contributed by atoms with E-state index >= 15 is 0 Å². The number of aromatic nitrogens is 2. The van der Waals surface area contributed by atoms with E-state index in [9.17, 15) is 18.3 Å². The second-order valence-corrected chi connectivity index (χ2v) is 6.91. The van der Waals surface area contributed by atoms with E-state index in [1.165, 1.54) is 18.3 Å². The minimum atomic E-state index is -4.81. The molecule has 1 fully saturated rings. The highest BCUT2D eigenvalue weighted by atomic mass is 19.4. The van der Waals surface area contributed by atoms with Crippen LogP contribution >= 0.6 is 0 Å². The monoisotopic (exact) mass is 391 g/mol. The van der Waals surface area contributed by atoms with E-state index < -0.39 is 18.3 Å². The Morgan fingerprint density at radius 2 is 1.75 bits per heavy atom. The van der Waals surface area contributed by atoms with Crippen LogP contribution in [0.15, 0.2) is 54.7 Å². The van der Waals surface area contributed by atoms with Crippen LogP contribution in [0.1, 0.15) is 5.56 Å². The molecule has 2 aromatic carbocycles. The Bertz CT molecular complexity index is 952. The highest BCUT2D eigenvalue weighted by molar-refractivity contribution is 5.81. The lowest BCUT2D eigenvalue weighted by Crippen LogP contribution is -2.53. The van der Waals surface area contributed by atoms with Crippen LogP contribution in [0.3, 0.4) is 0 Å². The average molecular weight is 391 g/mol. The van der Waals surface area contributed by atoms with E-state index in [0.717, 1.165) is 5.69 Å². The van der Waals surface area contributed by atoms with Gasteiger partial charge in [0, 0.05) is 25.0 Å². The van der Waals surface area contributed by atoms with Crippen molar-refractivity contribution < 1.29 is 23.0 Å². The van der Waals surface area contributed by atoms with E-state index in [1.54, 1.807) is 15.6 Å². The molecular weight excluding hydrogens is 371 g/mol. The number of halogens is 3. The van der Waals surface area contributed by atoms with Crippen molar-refractivity contribution in [3.63, 3.8) is 0 Å². The standard InChI is InChI=1S/C20H20F3N3O2/c21-20(22,23)19(27,14-25-8-10-28-11-9-25)16-6-7-18-15(12-16)13-24-26(18)17-4-2-1-3-5-17/h1-7,12-13,27H,8-11,14H2. The smallest absolute Gasteiger partial charge is 0.379 e. The lowest BCUT2D eigenvalue weighted by molar-refractivity contribution is -0.273. The van der Waals surface area contributed by atoms with Crippen molar-refractivity contribution in [2.45, 2.75) is 11.8 Å². The van der Waals surface area contributed by atoms with Gasteiger partial charge in [-0.2, -0.15) is 18.3 Å². The number of ether oxygens (including phenoxy) is 1. The number of hydrogen-bond donors (Lipinski definition) is 1. The van der Waals surface area contributed by atoms with Crippen LogP contribution in [0.2, 0.25) is 0 Å². The van der Waals surface area contributed by atoms with E-state index in [2.05, 4.69) is 5.10 Å². The molecule has 1 aliphatic rings. The van der Waals surface area contributed by atoms with Gasteiger partial charge in [0.05, 0.1) is 30.6 Å². The van der Waals surface area contributed by atoms with Gasteiger partial charge in [0.15, 0.2) is 5.60 Å². The zero-order valence-electron chi connectivity index (χ0n) is 15.1. The summed E-state index contributed by atoms with van der Waals surface area (Å²) in [5.41, 5.74) is -1.67. The number of alkyl halides is 3. The number of benzene rings is 2. The maximum Gasteiger partial charge on any atom is 0.422 e. The number of fused-ring (bicyclic) bond motifs is 1. The second-order valence-electron chi connectivity index (χ2n) is 6.91. The third-order valence-electron chi connectivity index (χ3n) is 5.07. The van der Waals surface area contributed by atoms with Crippen LogP contribution in [0.5, 0.6) is 0 Å².